The van der Waals surface area contributed by atoms with E-state index in [1.807, 2.05) is 11.0 Å². The molecule has 2 fully saturated rings. The lowest BCUT2D eigenvalue weighted by Crippen LogP contribution is -2.40. The van der Waals surface area contributed by atoms with E-state index in [0.29, 0.717) is 17.2 Å². The topological polar surface area (TPSA) is 121 Å². The molecule has 0 bridgehead atoms. The zero-order valence-corrected chi connectivity index (χ0v) is 17.4. The number of amidine groups is 1. The number of rotatable bonds is 7. The minimum atomic E-state index is -1.05. The predicted molar refractivity (Wildman–Crippen MR) is 114 cm³/mol. The van der Waals surface area contributed by atoms with E-state index in [4.69, 9.17) is 9.84 Å². The Balaban J connectivity index is 1.57. The van der Waals surface area contributed by atoms with E-state index in [9.17, 15) is 14.4 Å². The van der Waals surface area contributed by atoms with Gasteiger partial charge < -0.3 is 20.1 Å². The Hall–Kier alpha value is -2.88. The van der Waals surface area contributed by atoms with E-state index in [2.05, 4.69) is 22.4 Å². The molecule has 30 heavy (non-hydrogen) atoms. The van der Waals surface area contributed by atoms with Crippen molar-refractivity contribution >= 4 is 40.9 Å². The van der Waals surface area contributed by atoms with Crippen molar-refractivity contribution in [2.24, 2.45) is 16.1 Å². The van der Waals surface area contributed by atoms with Gasteiger partial charge in [0.2, 0.25) is 5.91 Å². The van der Waals surface area contributed by atoms with E-state index >= 15 is 0 Å². The van der Waals surface area contributed by atoms with Crippen LogP contribution in [0.15, 0.2) is 34.5 Å². The van der Waals surface area contributed by atoms with Crippen molar-refractivity contribution < 1.29 is 24.2 Å². The van der Waals surface area contributed by atoms with Gasteiger partial charge in [0, 0.05) is 18.7 Å². The summed E-state index contributed by atoms with van der Waals surface area (Å²) in [5.74, 6) is -0.330. The number of benzene rings is 1. The number of amides is 2. The molecule has 0 radical (unpaired) electrons. The number of aliphatic carboxylic acids is 1. The second-order valence-corrected chi connectivity index (χ2v) is 8.42. The van der Waals surface area contributed by atoms with Crippen LogP contribution in [-0.2, 0) is 14.4 Å². The first-order chi connectivity index (χ1) is 14.4. The van der Waals surface area contributed by atoms with Crippen LogP contribution in [0, 0.1) is 5.92 Å². The number of thioether (sulfide) groups is 1. The van der Waals surface area contributed by atoms with Crippen LogP contribution in [0.2, 0.25) is 0 Å². The number of ether oxygens (including phenoxy) is 1. The number of nitrogens with zero attached hydrogens (tertiary/aromatic N) is 3. The molecule has 2 aliphatic rings. The van der Waals surface area contributed by atoms with Gasteiger partial charge in [0.1, 0.15) is 11.0 Å². The van der Waals surface area contributed by atoms with Crippen molar-refractivity contribution in [2.75, 3.05) is 19.7 Å². The highest BCUT2D eigenvalue weighted by Crippen LogP contribution is 2.22. The van der Waals surface area contributed by atoms with Crippen molar-refractivity contribution in [3.8, 4) is 5.75 Å². The lowest BCUT2D eigenvalue weighted by molar-refractivity contribution is -0.138. The second kappa shape index (κ2) is 10.2. The monoisotopic (exact) mass is 432 g/mol. The Bertz CT molecular complexity index is 865. The molecule has 1 aromatic rings. The molecule has 1 unspecified atom stereocenters. The van der Waals surface area contributed by atoms with Gasteiger partial charge in [-0.3, -0.25) is 14.4 Å². The van der Waals surface area contributed by atoms with Crippen molar-refractivity contribution in [2.45, 2.75) is 31.4 Å². The number of para-hydroxylation sites is 1. The van der Waals surface area contributed by atoms with E-state index < -0.39 is 17.1 Å². The van der Waals surface area contributed by atoms with Crippen molar-refractivity contribution in [1.82, 2.24) is 10.2 Å². The number of carbonyl (C=O) groups is 3. The minimum Gasteiger partial charge on any atom is -0.483 e. The third kappa shape index (κ3) is 6.06. The maximum atomic E-state index is 12.4. The highest BCUT2D eigenvalue weighted by Gasteiger charge is 2.32. The van der Waals surface area contributed by atoms with Gasteiger partial charge in [-0.1, -0.05) is 30.8 Å². The highest BCUT2D eigenvalue weighted by molar-refractivity contribution is 8.15. The predicted octanol–water partition coefficient (Wildman–Crippen LogP) is 1.72. The van der Waals surface area contributed by atoms with Gasteiger partial charge in [-0.25, -0.2) is 0 Å². The lowest BCUT2D eigenvalue weighted by atomic mass is 9.99. The molecule has 0 aromatic heterocycles. The molecule has 0 saturated carbocycles. The van der Waals surface area contributed by atoms with Crippen LogP contribution < -0.4 is 10.1 Å². The smallest absolute Gasteiger partial charge is 0.305 e. The summed E-state index contributed by atoms with van der Waals surface area (Å²) in [4.78, 5) is 36.7. The Morgan fingerprint density at radius 3 is 2.80 bits per heavy atom. The average Bonchev–Trinajstić information content (AvgIpc) is 3.06. The Morgan fingerprint density at radius 2 is 2.07 bits per heavy atom. The second-order valence-electron chi connectivity index (χ2n) is 7.23. The summed E-state index contributed by atoms with van der Waals surface area (Å²) in [7, 11) is 0. The van der Waals surface area contributed by atoms with Gasteiger partial charge in [-0.2, -0.15) is 5.10 Å². The van der Waals surface area contributed by atoms with Crippen LogP contribution in [0.5, 0.6) is 5.75 Å². The highest BCUT2D eigenvalue weighted by atomic mass is 32.2. The molecular formula is C20H24N4O5S. The fourth-order valence-corrected chi connectivity index (χ4v) is 4.01. The maximum absolute atomic E-state index is 12.4. The minimum absolute atomic E-state index is 0.0385. The van der Waals surface area contributed by atoms with Crippen LogP contribution in [0.4, 0.5) is 0 Å². The summed E-state index contributed by atoms with van der Waals surface area (Å²) in [6.45, 7) is 3.67. The van der Waals surface area contributed by atoms with Gasteiger partial charge in [0.25, 0.3) is 5.91 Å². The van der Waals surface area contributed by atoms with Crippen molar-refractivity contribution in [3.63, 3.8) is 0 Å². The zero-order chi connectivity index (χ0) is 21.5. The van der Waals surface area contributed by atoms with E-state index in [0.717, 1.165) is 37.7 Å². The standard InChI is InChI=1S/C20H24N4O5S/c1-13-6-8-24(9-7-13)17(25)12-29-15-5-3-2-4-14(15)11-21-23-20-22-19(28)16(30-20)10-18(26)27/h2-5,11,13,16H,6-10,12H2,1H3,(H,26,27)(H,22,23,28). The van der Waals surface area contributed by atoms with Gasteiger partial charge in [-0.05, 0) is 30.9 Å². The molecule has 0 aliphatic carbocycles. The van der Waals surface area contributed by atoms with Crippen LogP contribution in [-0.4, -0.2) is 64.1 Å². The third-order valence-electron chi connectivity index (χ3n) is 4.89. The molecule has 2 heterocycles. The van der Waals surface area contributed by atoms with Crippen LogP contribution >= 0.6 is 11.8 Å². The number of carboxylic acids is 1. The molecule has 10 heteroatoms. The molecule has 0 spiro atoms. The summed E-state index contributed by atoms with van der Waals surface area (Å²) in [6, 6.07) is 7.13. The molecule has 2 saturated heterocycles. The fraction of sp³-hybridized carbons (Fsp3) is 0.450. The quantitative estimate of drug-likeness (QED) is 0.500. The third-order valence-corrected chi connectivity index (χ3v) is 5.96. The van der Waals surface area contributed by atoms with E-state index in [1.165, 1.54) is 6.21 Å². The van der Waals surface area contributed by atoms with Crippen molar-refractivity contribution in [3.05, 3.63) is 29.8 Å². The molecule has 160 valence electrons. The van der Waals surface area contributed by atoms with Crippen LogP contribution in [0.25, 0.3) is 0 Å². The van der Waals surface area contributed by atoms with Gasteiger partial charge in [0.15, 0.2) is 11.8 Å². The summed E-state index contributed by atoms with van der Waals surface area (Å²) in [6.07, 6.45) is 3.21. The van der Waals surface area contributed by atoms with E-state index in [1.54, 1.807) is 18.2 Å². The number of piperidine rings is 1. The molecule has 1 atom stereocenters. The molecule has 2 amide bonds. The Labute approximate surface area is 178 Å². The zero-order valence-electron chi connectivity index (χ0n) is 16.6. The average molecular weight is 433 g/mol. The summed E-state index contributed by atoms with van der Waals surface area (Å²) < 4.78 is 5.71. The Morgan fingerprint density at radius 1 is 1.33 bits per heavy atom. The Kier molecular flexibility index (Phi) is 7.45. The largest absolute Gasteiger partial charge is 0.483 e. The molecule has 2 N–H and O–H groups in total. The van der Waals surface area contributed by atoms with Gasteiger partial charge in [-0.15, -0.1) is 5.10 Å². The molecule has 9 nitrogen and oxygen atoms in total. The maximum Gasteiger partial charge on any atom is 0.305 e. The number of nitrogens with one attached hydrogen (secondary N) is 1. The SMILES string of the molecule is CC1CCN(C(=O)COc2ccccc2C=NN=C2NC(=O)C(CC(=O)O)S2)CC1. The van der Waals surface area contributed by atoms with Crippen LogP contribution in [0.1, 0.15) is 31.7 Å². The molecule has 2 aliphatic heterocycles. The van der Waals surface area contributed by atoms with E-state index in [-0.39, 0.29) is 24.1 Å². The van der Waals surface area contributed by atoms with Crippen molar-refractivity contribution in [1.29, 1.82) is 0 Å². The summed E-state index contributed by atoms with van der Waals surface area (Å²) in [5.41, 5.74) is 0.637. The molecule has 1 aromatic carbocycles. The van der Waals surface area contributed by atoms with Crippen LogP contribution in [0.3, 0.4) is 0 Å². The number of carboxylic acid groups (broad SMARTS) is 1. The first-order valence-corrected chi connectivity index (χ1v) is 10.6. The van der Waals surface area contributed by atoms with Gasteiger partial charge >= 0.3 is 5.97 Å². The first kappa shape index (κ1) is 21.8. The van der Waals surface area contributed by atoms with Gasteiger partial charge in [0.05, 0.1) is 12.6 Å². The lowest BCUT2D eigenvalue weighted by Gasteiger charge is -2.30. The first-order valence-electron chi connectivity index (χ1n) is 9.72. The molecule has 3 rings (SSSR count). The fourth-order valence-electron chi connectivity index (χ4n) is 3.10. The molecular weight excluding hydrogens is 408 g/mol. The number of hydrogen-bond donors (Lipinski definition) is 2. The number of carbonyl (C=O) groups excluding carboxylic acids is 2. The normalized spacial score (nSPS) is 21.2. The summed E-state index contributed by atoms with van der Waals surface area (Å²) >= 11 is 1.03. The number of hydrogen-bond acceptors (Lipinski definition) is 7. The number of likely N-dealkylation sites (tertiary alicyclic amines) is 1. The summed E-state index contributed by atoms with van der Waals surface area (Å²) in [5, 5.41) is 18.8.